The van der Waals surface area contributed by atoms with Crippen LogP contribution in [0, 0.1) is 18.6 Å². The third-order valence-electron chi connectivity index (χ3n) is 3.64. The highest BCUT2D eigenvalue weighted by Crippen LogP contribution is 2.32. The van der Waals surface area contributed by atoms with Crippen LogP contribution < -0.4 is 4.74 Å². The van der Waals surface area contributed by atoms with Crippen molar-refractivity contribution in [3.05, 3.63) is 51.6 Å². The fourth-order valence-electron chi connectivity index (χ4n) is 2.05. The first kappa shape index (κ1) is 19.3. The highest BCUT2D eigenvalue weighted by molar-refractivity contribution is 9.10. The highest BCUT2D eigenvalue weighted by Gasteiger charge is 2.15. The molecule has 0 aliphatic carbocycles. The van der Waals surface area contributed by atoms with Crippen molar-refractivity contribution in [3.63, 3.8) is 0 Å². The molecule has 0 amide bonds. The Labute approximate surface area is 154 Å². The van der Waals surface area contributed by atoms with Gasteiger partial charge in [0.1, 0.15) is 17.7 Å². The molecule has 0 radical (unpaired) electrons. The molecule has 0 aliphatic rings. The van der Waals surface area contributed by atoms with Crippen LogP contribution in [0.5, 0.6) is 5.88 Å². The van der Waals surface area contributed by atoms with Crippen LogP contribution in [0.4, 0.5) is 14.5 Å². The number of rotatable bonds is 6. The van der Waals surface area contributed by atoms with Crippen molar-refractivity contribution in [2.45, 2.75) is 26.9 Å². The zero-order valence-corrected chi connectivity index (χ0v) is 16.1. The van der Waals surface area contributed by atoms with Crippen molar-refractivity contribution in [2.24, 2.45) is 4.99 Å². The summed E-state index contributed by atoms with van der Waals surface area (Å²) in [6.45, 7) is 6.41. The molecule has 2 aromatic rings. The smallest absolute Gasteiger partial charge is 0.228 e. The van der Waals surface area contributed by atoms with Crippen LogP contribution >= 0.6 is 15.9 Å². The van der Waals surface area contributed by atoms with Gasteiger partial charge in [-0.05, 0) is 60.5 Å². The number of nitrogens with zero attached hydrogens (tertiary/aromatic N) is 3. The van der Waals surface area contributed by atoms with Gasteiger partial charge in [-0.3, -0.25) is 0 Å². The van der Waals surface area contributed by atoms with Crippen LogP contribution in [-0.2, 0) is 0 Å². The summed E-state index contributed by atoms with van der Waals surface area (Å²) < 4.78 is 33.1. The van der Waals surface area contributed by atoms with Crippen molar-refractivity contribution in [1.29, 1.82) is 0 Å². The molecule has 0 bridgehead atoms. The fraction of sp³-hybridized carbons (Fsp3) is 0.333. The normalized spacial score (nSPS) is 12.4. The predicted octanol–water partition coefficient (Wildman–Crippen LogP) is 5.18. The monoisotopic (exact) mass is 411 g/mol. The Morgan fingerprint density at radius 1 is 1.28 bits per heavy atom. The Hall–Kier alpha value is -2.02. The van der Waals surface area contributed by atoms with Crippen molar-refractivity contribution < 1.29 is 13.5 Å². The lowest BCUT2D eigenvalue weighted by atomic mass is 10.1. The van der Waals surface area contributed by atoms with Gasteiger partial charge in [0.25, 0.3) is 0 Å². The SMILES string of the molecule is CCN(C)C=Nc1cc(Br)c(O[C@H](C)c2cc(F)cc(F)c2)nc1C. The van der Waals surface area contributed by atoms with Crippen molar-refractivity contribution in [2.75, 3.05) is 13.6 Å². The average molecular weight is 412 g/mol. The molecule has 0 N–H and O–H groups in total. The van der Waals surface area contributed by atoms with Gasteiger partial charge < -0.3 is 9.64 Å². The molecular weight excluding hydrogens is 392 g/mol. The van der Waals surface area contributed by atoms with Crippen molar-refractivity contribution >= 4 is 28.0 Å². The maximum atomic E-state index is 13.4. The zero-order valence-electron chi connectivity index (χ0n) is 14.6. The molecule has 0 unspecified atom stereocenters. The van der Waals surface area contributed by atoms with E-state index in [1.54, 1.807) is 19.3 Å². The molecule has 1 atom stereocenters. The van der Waals surface area contributed by atoms with Crippen molar-refractivity contribution in [1.82, 2.24) is 9.88 Å². The number of ether oxygens (including phenoxy) is 1. The molecule has 25 heavy (non-hydrogen) atoms. The van der Waals surface area contributed by atoms with Gasteiger partial charge in [-0.1, -0.05) is 0 Å². The molecule has 134 valence electrons. The van der Waals surface area contributed by atoms with Gasteiger partial charge in [0.2, 0.25) is 5.88 Å². The summed E-state index contributed by atoms with van der Waals surface area (Å²) in [5.41, 5.74) is 1.80. The van der Waals surface area contributed by atoms with Gasteiger partial charge in [-0.25, -0.2) is 18.8 Å². The molecule has 0 aliphatic heterocycles. The van der Waals surface area contributed by atoms with E-state index in [-0.39, 0.29) is 0 Å². The Morgan fingerprint density at radius 3 is 2.52 bits per heavy atom. The van der Waals surface area contributed by atoms with E-state index in [1.165, 1.54) is 12.1 Å². The summed E-state index contributed by atoms with van der Waals surface area (Å²) in [5.74, 6) is -0.936. The molecule has 7 heteroatoms. The fourth-order valence-corrected chi connectivity index (χ4v) is 2.45. The first-order valence-corrected chi connectivity index (χ1v) is 8.63. The predicted molar refractivity (Wildman–Crippen MR) is 98.5 cm³/mol. The Bertz CT molecular complexity index is 763. The lowest BCUT2D eigenvalue weighted by Crippen LogP contribution is -2.14. The summed E-state index contributed by atoms with van der Waals surface area (Å²) in [4.78, 5) is 10.7. The number of hydrogen-bond donors (Lipinski definition) is 0. The van der Waals surface area contributed by atoms with E-state index in [1.807, 2.05) is 25.8 Å². The van der Waals surface area contributed by atoms with Crippen LogP contribution in [0.2, 0.25) is 0 Å². The molecule has 1 heterocycles. The van der Waals surface area contributed by atoms with E-state index in [4.69, 9.17) is 4.74 Å². The Morgan fingerprint density at radius 2 is 1.92 bits per heavy atom. The minimum Gasteiger partial charge on any atom is -0.469 e. The first-order valence-electron chi connectivity index (χ1n) is 7.84. The Balaban J connectivity index is 2.22. The second kappa shape index (κ2) is 8.38. The van der Waals surface area contributed by atoms with Crippen LogP contribution in [0.1, 0.15) is 31.2 Å². The van der Waals surface area contributed by atoms with Gasteiger partial charge in [0.15, 0.2) is 0 Å². The largest absolute Gasteiger partial charge is 0.469 e. The number of aryl methyl sites for hydroxylation is 1. The molecule has 1 aromatic heterocycles. The second-order valence-corrected chi connectivity index (χ2v) is 6.51. The molecule has 2 rings (SSSR count). The molecule has 0 spiro atoms. The lowest BCUT2D eigenvalue weighted by molar-refractivity contribution is 0.214. The number of benzene rings is 1. The minimum atomic E-state index is -0.640. The van der Waals surface area contributed by atoms with Gasteiger partial charge >= 0.3 is 0 Å². The number of aliphatic imine (C=N–C) groups is 1. The number of aromatic nitrogens is 1. The topological polar surface area (TPSA) is 37.7 Å². The standard InChI is InChI=1S/C18H20BrF2N3O/c1-5-24(4)10-22-17-9-16(19)18(23-11(17)2)25-12(3)13-6-14(20)8-15(21)7-13/h6-10,12H,5H2,1-4H3/t12-/m1/s1. The van der Waals surface area contributed by atoms with E-state index in [2.05, 4.69) is 25.9 Å². The summed E-state index contributed by atoms with van der Waals surface area (Å²) >= 11 is 3.41. The quantitative estimate of drug-likeness (QED) is 0.485. The van der Waals surface area contributed by atoms with Gasteiger partial charge in [0.05, 0.1) is 22.2 Å². The molecule has 1 aromatic carbocycles. The van der Waals surface area contributed by atoms with Crippen LogP contribution in [0.15, 0.2) is 33.7 Å². The third kappa shape index (κ3) is 5.22. The highest BCUT2D eigenvalue weighted by atomic mass is 79.9. The van der Waals surface area contributed by atoms with E-state index in [0.29, 0.717) is 27.3 Å². The first-order chi connectivity index (χ1) is 11.8. The maximum Gasteiger partial charge on any atom is 0.228 e. The summed E-state index contributed by atoms with van der Waals surface area (Å²) in [6.07, 6.45) is 1.17. The number of hydrogen-bond acceptors (Lipinski definition) is 3. The van der Waals surface area contributed by atoms with E-state index >= 15 is 0 Å². The number of pyridine rings is 1. The second-order valence-electron chi connectivity index (χ2n) is 5.66. The Kier molecular flexibility index (Phi) is 6.47. The zero-order chi connectivity index (χ0) is 18.6. The van der Waals surface area contributed by atoms with E-state index in [0.717, 1.165) is 12.6 Å². The van der Waals surface area contributed by atoms with Gasteiger partial charge in [-0.15, -0.1) is 0 Å². The summed E-state index contributed by atoms with van der Waals surface area (Å²) in [7, 11) is 1.93. The number of halogens is 3. The average Bonchev–Trinajstić information content (AvgIpc) is 2.55. The molecule has 0 saturated heterocycles. The maximum absolute atomic E-state index is 13.4. The van der Waals surface area contributed by atoms with E-state index < -0.39 is 17.7 Å². The summed E-state index contributed by atoms with van der Waals surface area (Å²) in [6, 6.07) is 5.12. The van der Waals surface area contributed by atoms with Crippen LogP contribution in [0.3, 0.4) is 0 Å². The van der Waals surface area contributed by atoms with E-state index in [9.17, 15) is 8.78 Å². The molecule has 0 saturated carbocycles. The van der Waals surface area contributed by atoms with Gasteiger partial charge in [-0.2, -0.15) is 0 Å². The van der Waals surface area contributed by atoms with Gasteiger partial charge in [0, 0.05) is 19.7 Å². The lowest BCUT2D eigenvalue weighted by Gasteiger charge is -2.16. The minimum absolute atomic E-state index is 0.345. The van der Waals surface area contributed by atoms with Crippen LogP contribution in [0.25, 0.3) is 0 Å². The molecular formula is C18H20BrF2N3O. The summed E-state index contributed by atoms with van der Waals surface area (Å²) in [5, 5.41) is 0. The van der Waals surface area contributed by atoms with Crippen LogP contribution in [-0.4, -0.2) is 29.8 Å². The van der Waals surface area contributed by atoms with Crippen molar-refractivity contribution in [3.8, 4) is 5.88 Å². The molecule has 0 fully saturated rings. The molecule has 4 nitrogen and oxygen atoms in total. The third-order valence-corrected chi connectivity index (χ3v) is 4.21.